The van der Waals surface area contributed by atoms with E-state index in [1.165, 1.54) is 30.2 Å². The van der Waals surface area contributed by atoms with Crippen LogP contribution in [-0.4, -0.2) is 75.5 Å². The van der Waals surface area contributed by atoms with Crippen LogP contribution in [0.1, 0.15) is 56.2 Å². The average molecular weight is 581 g/mol. The van der Waals surface area contributed by atoms with Crippen LogP contribution in [-0.2, 0) is 33.1 Å². The van der Waals surface area contributed by atoms with Crippen LogP contribution in [0.4, 0.5) is 0 Å². The normalized spacial score (nSPS) is 35.7. The second-order valence-electron chi connectivity index (χ2n) is 13.8. The van der Waals surface area contributed by atoms with Gasteiger partial charge in [-0.15, -0.1) is 0 Å². The van der Waals surface area contributed by atoms with Crippen molar-refractivity contribution in [3.63, 3.8) is 0 Å². The van der Waals surface area contributed by atoms with E-state index in [1.54, 1.807) is 18.5 Å². The van der Waals surface area contributed by atoms with Crippen LogP contribution in [0.2, 0.25) is 0 Å². The van der Waals surface area contributed by atoms with Gasteiger partial charge < -0.3 is 14.2 Å². The summed E-state index contributed by atoms with van der Waals surface area (Å²) < 4.78 is 47.6. The van der Waals surface area contributed by atoms with Gasteiger partial charge in [0.25, 0.3) is 0 Å². The number of ether oxygens (including phenoxy) is 3. The third-order valence-corrected chi connectivity index (χ3v) is 12.9. The molecule has 222 valence electrons. The average Bonchev–Trinajstić information content (AvgIpc) is 3.69. The third kappa shape index (κ3) is 3.96. The minimum absolute atomic E-state index is 0.0562. The zero-order chi connectivity index (χ0) is 28.8. The van der Waals surface area contributed by atoms with E-state index >= 15 is 0 Å². The van der Waals surface area contributed by atoms with Gasteiger partial charge in [-0.1, -0.05) is 43.3 Å². The smallest absolute Gasteiger partial charge is 0.211 e. The third-order valence-electron chi connectivity index (χ3n) is 11.7. The lowest BCUT2D eigenvalue weighted by molar-refractivity contribution is -0.226. The lowest BCUT2D eigenvalue weighted by atomic mass is 9.40. The Labute approximate surface area is 245 Å². The number of nitrogens with zero attached hydrogens (tertiary/aromatic N) is 2. The van der Waals surface area contributed by atoms with Crippen LogP contribution >= 0.6 is 0 Å². The molecule has 7 rings (SSSR count). The topological polar surface area (TPSA) is 68.3 Å². The van der Waals surface area contributed by atoms with Crippen LogP contribution in [0.25, 0.3) is 0 Å². The fourth-order valence-electron chi connectivity index (χ4n) is 9.33. The van der Waals surface area contributed by atoms with Crippen molar-refractivity contribution in [3.05, 3.63) is 59.2 Å². The molecule has 6 atom stereocenters. The van der Waals surface area contributed by atoms with Crippen LogP contribution in [0.5, 0.6) is 11.5 Å². The number of benzene rings is 2. The molecule has 1 spiro atoms. The molecule has 1 saturated heterocycles. The highest BCUT2D eigenvalue weighted by Crippen LogP contribution is 2.72. The van der Waals surface area contributed by atoms with E-state index in [9.17, 15) is 8.42 Å². The molecule has 2 saturated carbocycles. The van der Waals surface area contributed by atoms with E-state index < -0.39 is 15.6 Å². The number of likely N-dealkylation sites (tertiary alicyclic amines) is 1. The van der Waals surface area contributed by atoms with Crippen LogP contribution in [0.3, 0.4) is 0 Å². The first-order chi connectivity index (χ1) is 19.5. The molecule has 2 aromatic rings. The molecule has 5 aliphatic rings. The van der Waals surface area contributed by atoms with Crippen LogP contribution < -0.4 is 9.47 Å². The summed E-state index contributed by atoms with van der Waals surface area (Å²) in [6.07, 6.45) is 6.64. The van der Waals surface area contributed by atoms with Gasteiger partial charge in [-0.05, 0) is 74.1 Å². The van der Waals surface area contributed by atoms with Gasteiger partial charge in [0.05, 0.1) is 13.4 Å². The molecule has 7 nitrogen and oxygen atoms in total. The highest BCUT2D eigenvalue weighted by atomic mass is 32.2. The Hall–Kier alpha value is -2.13. The zero-order valence-corrected chi connectivity index (χ0v) is 25.9. The van der Waals surface area contributed by atoms with Crippen molar-refractivity contribution in [2.24, 2.45) is 17.3 Å². The van der Waals surface area contributed by atoms with Crippen LogP contribution in [0, 0.1) is 17.3 Å². The maximum absolute atomic E-state index is 13.2. The summed E-state index contributed by atoms with van der Waals surface area (Å²) in [6, 6.07) is 14.6. The SMILES string of the molecule is COc1ccc2c3c1OC1C34CCN(CC3CC3)C(C2)[C@@]4(C)C[C@H](CN(Cc2ccccc2)S(C)(=O)=O)[C@@]1(C)OC. The molecule has 0 aromatic heterocycles. The number of rotatable bonds is 9. The van der Waals surface area contributed by atoms with Crippen molar-refractivity contribution >= 4 is 10.0 Å². The molecule has 8 heteroatoms. The highest BCUT2D eigenvalue weighted by molar-refractivity contribution is 7.88. The van der Waals surface area contributed by atoms with Gasteiger partial charge in [0.15, 0.2) is 11.5 Å². The van der Waals surface area contributed by atoms with Crippen LogP contribution in [0.15, 0.2) is 42.5 Å². The summed E-state index contributed by atoms with van der Waals surface area (Å²) in [5.74, 6) is 2.42. The molecule has 2 aromatic carbocycles. The number of piperidine rings is 1. The summed E-state index contributed by atoms with van der Waals surface area (Å²) in [7, 11) is 0.0260. The Morgan fingerprint density at radius 3 is 2.51 bits per heavy atom. The molecule has 3 aliphatic carbocycles. The van der Waals surface area contributed by atoms with Crippen molar-refractivity contribution in [1.29, 1.82) is 0 Å². The Bertz CT molecular complexity index is 1450. The van der Waals surface area contributed by atoms with Gasteiger partial charge in [0, 0.05) is 49.7 Å². The molecule has 0 N–H and O–H groups in total. The Balaban J connectivity index is 1.35. The van der Waals surface area contributed by atoms with Crippen molar-refractivity contribution in [1.82, 2.24) is 9.21 Å². The Kier molecular flexibility index (Phi) is 6.37. The molecule has 2 bridgehead atoms. The maximum Gasteiger partial charge on any atom is 0.211 e. The van der Waals surface area contributed by atoms with Crippen molar-refractivity contribution in [2.75, 3.05) is 40.1 Å². The number of hydrogen-bond donors (Lipinski definition) is 0. The van der Waals surface area contributed by atoms with E-state index in [0.717, 1.165) is 55.3 Å². The van der Waals surface area contributed by atoms with E-state index in [2.05, 4.69) is 30.9 Å². The lowest BCUT2D eigenvalue weighted by Gasteiger charge is -2.69. The van der Waals surface area contributed by atoms with Gasteiger partial charge in [-0.3, -0.25) is 4.90 Å². The number of sulfonamides is 1. The number of hydrogen-bond acceptors (Lipinski definition) is 6. The summed E-state index contributed by atoms with van der Waals surface area (Å²) in [5.41, 5.74) is 2.68. The van der Waals surface area contributed by atoms with E-state index in [-0.39, 0.29) is 22.9 Å². The molecular formula is C33H44N2O5S. The minimum atomic E-state index is -3.47. The fourth-order valence-corrected chi connectivity index (χ4v) is 10.2. The number of methoxy groups -OCH3 is 2. The predicted molar refractivity (Wildman–Crippen MR) is 159 cm³/mol. The Morgan fingerprint density at radius 2 is 1.85 bits per heavy atom. The lowest BCUT2D eigenvalue weighted by Crippen LogP contribution is -2.77. The highest BCUT2D eigenvalue weighted by Gasteiger charge is 2.75. The van der Waals surface area contributed by atoms with Gasteiger partial charge in [-0.25, -0.2) is 8.42 Å². The van der Waals surface area contributed by atoms with E-state index in [0.29, 0.717) is 19.1 Å². The first kappa shape index (κ1) is 27.7. The first-order valence-corrected chi connectivity index (χ1v) is 17.0. The molecule has 3 unspecified atom stereocenters. The summed E-state index contributed by atoms with van der Waals surface area (Å²) >= 11 is 0. The van der Waals surface area contributed by atoms with Gasteiger partial charge in [0.1, 0.15) is 11.7 Å². The Morgan fingerprint density at radius 1 is 1.10 bits per heavy atom. The molecule has 41 heavy (non-hydrogen) atoms. The minimum Gasteiger partial charge on any atom is -0.493 e. The van der Waals surface area contributed by atoms with Crippen molar-refractivity contribution in [3.8, 4) is 11.5 Å². The van der Waals surface area contributed by atoms with Crippen molar-refractivity contribution < 1.29 is 22.6 Å². The standard InChI is InChI=1S/C33H44N2O5S/c1-31-18-25(21-35(41(5,36)37)20-22-9-7-6-8-10-22)32(2,39-4)30-33(31)15-16-34(19-23-11-12-23)27(31)17-24-13-14-26(38-3)29(40-30)28(24)33/h6-10,13-14,23,25,27,30H,11-12,15-21H2,1-5H3/t25-,27?,30?,31-,32-,33?/m1/s1. The second kappa shape index (κ2) is 9.43. The molecule has 3 fully saturated rings. The summed E-state index contributed by atoms with van der Waals surface area (Å²) in [4.78, 5) is 2.77. The largest absolute Gasteiger partial charge is 0.493 e. The monoisotopic (exact) mass is 580 g/mol. The van der Waals surface area contributed by atoms with Crippen molar-refractivity contribution in [2.45, 2.75) is 75.7 Å². The first-order valence-electron chi connectivity index (χ1n) is 15.2. The van der Waals surface area contributed by atoms with E-state index in [4.69, 9.17) is 14.2 Å². The predicted octanol–water partition coefficient (Wildman–Crippen LogP) is 4.63. The summed E-state index contributed by atoms with van der Waals surface area (Å²) in [5, 5.41) is 0. The molecule has 0 radical (unpaired) electrons. The molecule has 2 heterocycles. The van der Waals surface area contributed by atoms with Gasteiger partial charge in [-0.2, -0.15) is 4.31 Å². The van der Waals surface area contributed by atoms with Gasteiger partial charge in [0.2, 0.25) is 10.0 Å². The zero-order valence-electron chi connectivity index (χ0n) is 25.1. The second-order valence-corrected chi connectivity index (χ2v) is 15.7. The molecule has 0 amide bonds. The summed E-state index contributed by atoms with van der Waals surface area (Å²) in [6.45, 7) is 7.60. The van der Waals surface area contributed by atoms with Gasteiger partial charge >= 0.3 is 0 Å². The van der Waals surface area contributed by atoms with E-state index in [1.807, 2.05) is 30.3 Å². The maximum atomic E-state index is 13.2. The molecule has 2 aliphatic heterocycles. The quantitative estimate of drug-likeness (QED) is 0.431. The molecular weight excluding hydrogens is 536 g/mol. The fraction of sp³-hybridized carbons (Fsp3) is 0.636.